The molecule has 3 rings (SSSR count). The van der Waals surface area contributed by atoms with Crippen LogP contribution in [0.5, 0.6) is 5.75 Å². The van der Waals surface area contributed by atoms with Crippen LogP contribution in [0.25, 0.3) is 0 Å². The van der Waals surface area contributed by atoms with Crippen LogP contribution in [0, 0.1) is 0 Å². The minimum atomic E-state index is -0.0283. The molecule has 2 heterocycles. The van der Waals surface area contributed by atoms with Gasteiger partial charge in [0.05, 0.1) is 7.11 Å². The van der Waals surface area contributed by atoms with Crippen molar-refractivity contribution in [3.05, 3.63) is 52.6 Å². The Morgan fingerprint density at radius 3 is 2.85 bits per heavy atom. The first-order chi connectivity index (χ1) is 12.6. The van der Waals surface area contributed by atoms with Gasteiger partial charge in [-0.3, -0.25) is 4.79 Å². The lowest BCUT2D eigenvalue weighted by Gasteiger charge is -2.35. The van der Waals surface area contributed by atoms with Crippen molar-refractivity contribution in [1.82, 2.24) is 14.9 Å². The van der Waals surface area contributed by atoms with Crippen molar-refractivity contribution in [2.45, 2.75) is 38.3 Å². The summed E-state index contributed by atoms with van der Waals surface area (Å²) in [5, 5.41) is 3.72. The summed E-state index contributed by atoms with van der Waals surface area (Å²) in [6.45, 7) is 3.92. The van der Waals surface area contributed by atoms with E-state index in [1.807, 2.05) is 12.1 Å². The van der Waals surface area contributed by atoms with E-state index in [1.54, 1.807) is 31.1 Å². The van der Waals surface area contributed by atoms with Crippen molar-refractivity contribution in [2.24, 2.45) is 7.05 Å². The molecule has 2 aromatic rings. The van der Waals surface area contributed by atoms with Crippen LogP contribution in [0.3, 0.4) is 0 Å². The highest BCUT2D eigenvalue weighted by Crippen LogP contribution is 2.16. The predicted octanol–water partition coefficient (Wildman–Crippen LogP) is 1.98. The van der Waals surface area contributed by atoms with Crippen LogP contribution in [0.15, 0.2) is 41.5 Å². The molecule has 0 radical (unpaired) electrons. The van der Waals surface area contributed by atoms with Crippen molar-refractivity contribution in [2.75, 3.05) is 25.1 Å². The molecule has 0 saturated carbocycles. The highest BCUT2D eigenvalue weighted by atomic mass is 16.5. The summed E-state index contributed by atoms with van der Waals surface area (Å²) in [4.78, 5) is 18.7. The fourth-order valence-electron chi connectivity index (χ4n) is 3.58. The Hall–Kier alpha value is -2.34. The Labute approximate surface area is 154 Å². The maximum absolute atomic E-state index is 12.3. The minimum Gasteiger partial charge on any atom is -0.497 e. The van der Waals surface area contributed by atoms with Gasteiger partial charge in [0, 0.05) is 44.6 Å². The first-order valence-corrected chi connectivity index (χ1v) is 9.22. The number of hydrogen-bond acceptors (Lipinski definition) is 5. The summed E-state index contributed by atoms with van der Waals surface area (Å²) in [6, 6.07) is 8.95. The number of hydrogen-bond donors (Lipinski definition) is 1. The maximum atomic E-state index is 12.3. The summed E-state index contributed by atoms with van der Waals surface area (Å²) < 4.78 is 6.80. The smallest absolute Gasteiger partial charge is 0.293 e. The van der Waals surface area contributed by atoms with Crippen LogP contribution in [0.1, 0.15) is 25.3 Å². The van der Waals surface area contributed by atoms with Crippen LogP contribution in [0.4, 0.5) is 5.82 Å². The van der Waals surface area contributed by atoms with Gasteiger partial charge in [0.15, 0.2) is 5.82 Å². The molecule has 0 bridgehead atoms. The third kappa shape index (κ3) is 4.43. The Bertz CT molecular complexity index is 772. The fraction of sp³-hybridized carbons (Fsp3) is 0.500. The predicted molar refractivity (Wildman–Crippen MR) is 104 cm³/mol. The monoisotopic (exact) mass is 356 g/mol. The number of nitrogens with zero attached hydrogens (tertiary/aromatic N) is 3. The lowest BCUT2D eigenvalue weighted by molar-refractivity contribution is 0.380. The third-order valence-corrected chi connectivity index (χ3v) is 4.94. The van der Waals surface area contributed by atoms with E-state index < -0.39 is 0 Å². The van der Waals surface area contributed by atoms with E-state index in [0.717, 1.165) is 38.1 Å². The van der Waals surface area contributed by atoms with Gasteiger partial charge in [-0.25, -0.2) is 4.98 Å². The summed E-state index contributed by atoms with van der Waals surface area (Å²) in [5.74, 6) is 1.44. The summed E-state index contributed by atoms with van der Waals surface area (Å²) >= 11 is 0. The second-order valence-electron chi connectivity index (χ2n) is 7.07. The molecule has 140 valence electrons. The Balaban J connectivity index is 1.59. The highest BCUT2D eigenvalue weighted by molar-refractivity contribution is 5.36. The number of benzene rings is 1. The maximum Gasteiger partial charge on any atom is 0.293 e. The molecule has 0 spiro atoms. The first-order valence-electron chi connectivity index (χ1n) is 9.22. The molecule has 0 unspecified atom stereocenters. The molecule has 1 aliphatic rings. The van der Waals surface area contributed by atoms with E-state index in [-0.39, 0.29) is 5.56 Å². The number of aryl methyl sites for hydroxylation is 1. The molecule has 26 heavy (non-hydrogen) atoms. The number of ether oxygens (including phenoxy) is 1. The van der Waals surface area contributed by atoms with E-state index in [1.165, 1.54) is 5.56 Å². The van der Waals surface area contributed by atoms with Crippen molar-refractivity contribution < 1.29 is 4.74 Å². The minimum absolute atomic E-state index is 0.0283. The van der Waals surface area contributed by atoms with Gasteiger partial charge in [-0.05, 0) is 43.9 Å². The lowest BCUT2D eigenvalue weighted by atomic mass is 10.0. The second-order valence-corrected chi connectivity index (χ2v) is 7.07. The van der Waals surface area contributed by atoms with Crippen LogP contribution >= 0.6 is 0 Å². The summed E-state index contributed by atoms with van der Waals surface area (Å²) in [6.07, 6.45) is 6.54. The second kappa shape index (κ2) is 8.36. The van der Waals surface area contributed by atoms with Gasteiger partial charge >= 0.3 is 0 Å². The SMILES string of the molecule is COc1ccc(C[C@H](C)N[C@H]2CCCN(c3nccn(C)c3=O)C2)cc1. The number of aromatic nitrogens is 2. The zero-order valence-corrected chi connectivity index (χ0v) is 15.8. The molecular weight excluding hydrogens is 328 g/mol. The molecule has 0 amide bonds. The van der Waals surface area contributed by atoms with Gasteiger partial charge in [0.2, 0.25) is 0 Å². The van der Waals surface area contributed by atoms with Gasteiger partial charge in [-0.1, -0.05) is 12.1 Å². The molecule has 0 aliphatic carbocycles. The van der Waals surface area contributed by atoms with Crippen molar-refractivity contribution in [3.8, 4) is 5.75 Å². The summed E-state index contributed by atoms with van der Waals surface area (Å²) in [5.41, 5.74) is 1.26. The molecule has 1 fully saturated rings. The number of rotatable bonds is 6. The molecule has 1 saturated heterocycles. The normalized spacial score (nSPS) is 18.6. The molecular formula is C20H28N4O2. The topological polar surface area (TPSA) is 59.4 Å². The molecule has 2 atom stereocenters. The van der Waals surface area contributed by atoms with Gasteiger partial charge in [0.25, 0.3) is 5.56 Å². The van der Waals surface area contributed by atoms with Gasteiger partial charge in [-0.15, -0.1) is 0 Å². The number of nitrogens with one attached hydrogen (secondary N) is 1. The Morgan fingerprint density at radius 1 is 1.35 bits per heavy atom. The largest absolute Gasteiger partial charge is 0.497 e. The van der Waals surface area contributed by atoms with E-state index in [4.69, 9.17) is 4.74 Å². The van der Waals surface area contributed by atoms with Crippen molar-refractivity contribution in [1.29, 1.82) is 0 Å². The van der Waals surface area contributed by atoms with Crippen molar-refractivity contribution in [3.63, 3.8) is 0 Å². The number of anilines is 1. The van der Waals surface area contributed by atoms with E-state index in [9.17, 15) is 4.79 Å². The molecule has 6 nitrogen and oxygen atoms in total. The fourth-order valence-corrected chi connectivity index (χ4v) is 3.58. The third-order valence-electron chi connectivity index (χ3n) is 4.94. The summed E-state index contributed by atoms with van der Waals surface area (Å²) in [7, 11) is 3.45. The van der Waals surface area contributed by atoms with Crippen molar-refractivity contribution >= 4 is 5.82 Å². The van der Waals surface area contributed by atoms with E-state index >= 15 is 0 Å². The van der Waals surface area contributed by atoms with E-state index in [2.05, 4.69) is 34.3 Å². The molecule has 1 aromatic heterocycles. The molecule has 1 aliphatic heterocycles. The standard InChI is InChI=1S/C20H28N4O2/c1-15(13-16-6-8-18(26-3)9-7-16)22-17-5-4-11-24(14-17)19-20(25)23(2)12-10-21-19/h6-10,12,15,17,22H,4-5,11,13-14H2,1-3H3/t15-,17-/m0/s1. The Kier molecular flexibility index (Phi) is 5.93. The van der Waals surface area contributed by atoms with Crippen LogP contribution < -0.4 is 20.5 Å². The number of piperidine rings is 1. The highest BCUT2D eigenvalue weighted by Gasteiger charge is 2.24. The Morgan fingerprint density at radius 2 is 2.12 bits per heavy atom. The average Bonchev–Trinajstić information content (AvgIpc) is 2.65. The van der Waals surface area contributed by atoms with Gasteiger partial charge < -0.3 is 19.5 Å². The van der Waals surface area contributed by atoms with Crippen LogP contribution in [0.2, 0.25) is 0 Å². The quantitative estimate of drug-likeness (QED) is 0.858. The number of methoxy groups -OCH3 is 1. The molecule has 1 aromatic carbocycles. The molecule has 1 N–H and O–H groups in total. The zero-order chi connectivity index (χ0) is 18.5. The lowest BCUT2D eigenvalue weighted by Crippen LogP contribution is -2.50. The zero-order valence-electron chi connectivity index (χ0n) is 15.8. The van der Waals surface area contributed by atoms with Gasteiger partial charge in [-0.2, -0.15) is 0 Å². The molecule has 6 heteroatoms. The van der Waals surface area contributed by atoms with Gasteiger partial charge in [0.1, 0.15) is 5.75 Å². The van der Waals surface area contributed by atoms with Crippen LogP contribution in [-0.4, -0.2) is 41.8 Å². The first kappa shape index (κ1) is 18.5. The van der Waals surface area contributed by atoms with Crippen LogP contribution in [-0.2, 0) is 13.5 Å². The average molecular weight is 356 g/mol. The van der Waals surface area contributed by atoms with E-state index in [0.29, 0.717) is 17.9 Å².